The Balaban J connectivity index is 0. The van der Waals surface area contributed by atoms with Crippen molar-refractivity contribution in [2.75, 3.05) is 0 Å². The van der Waals surface area contributed by atoms with Crippen LogP contribution in [0.1, 0.15) is 49.0 Å². The molecule has 2 N–H and O–H groups in total. The molecule has 0 bridgehead atoms. The third kappa shape index (κ3) is 4.25. The fraction of sp³-hybridized carbons (Fsp3) is 1.00. The SMILES string of the molecule is C.CC[Si]1(CC)O[Si](CC)(CC)O[Si](CC)(CC)O1.O. The van der Waals surface area contributed by atoms with Crippen molar-refractivity contribution in [3.63, 3.8) is 0 Å². The Labute approximate surface area is 129 Å². The van der Waals surface area contributed by atoms with Crippen molar-refractivity contribution >= 4 is 25.7 Å². The third-order valence-corrected chi connectivity index (χ3v) is 19.7. The maximum Gasteiger partial charge on any atom is 0.320 e. The van der Waals surface area contributed by atoms with E-state index in [4.69, 9.17) is 12.3 Å². The van der Waals surface area contributed by atoms with Crippen LogP contribution in [0.3, 0.4) is 0 Å². The zero-order chi connectivity index (χ0) is 13.9. The van der Waals surface area contributed by atoms with Crippen LogP contribution in [0.15, 0.2) is 0 Å². The van der Waals surface area contributed by atoms with E-state index in [-0.39, 0.29) is 12.9 Å². The largest absolute Gasteiger partial charge is 0.415 e. The molecule has 0 atom stereocenters. The van der Waals surface area contributed by atoms with E-state index in [0.717, 1.165) is 36.3 Å². The van der Waals surface area contributed by atoms with Gasteiger partial charge in [-0.05, 0) is 36.3 Å². The molecule has 0 unspecified atom stereocenters. The normalized spacial score (nSPS) is 22.5. The standard InChI is InChI=1S/C12H30O3Si3.CH4.H2O/c1-7-16(8-2)13-17(9-3,10-4)15-18(11-5,12-6)14-16;;/h7-12H2,1-6H3;1H4;1H2. The molecule has 0 spiro atoms. The van der Waals surface area contributed by atoms with E-state index in [1.165, 1.54) is 0 Å². The van der Waals surface area contributed by atoms with Crippen LogP contribution in [0.4, 0.5) is 0 Å². The van der Waals surface area contributed by atoms with Crippen molar-refractivity contribution in [2.45, 2.75) is 85.2 Å². The van der Waals surface area contributed by atoms with Crippen molar-refractivity contribution in [3.8, 4) is 0 Å². The molecule has 1 rings (SSSR count). The molecule has 20 heavy (non-hydrogen) atoms. The molecule has 0 amide bonds. The third-order valence-electron chi connectivity index (χ3n) is 4.35. The second kappa shape index (κ2) is 8.82. The molecule has 0 aliphatic carbocycles. The summed E-state index contributed by atoms with van der Waals surface area (Å²) in [5.74, 6) is 0. The minimum atomic E-state index is -1.99. The number of rotatable bonds is 6. The monoisotopic (exact) mass is 340 g/mol. The van der Waals surface area contributed by atoms with E-state index in [2.05, 4.69) is 41.5 Å². The van der Waals surface area contributed by atoms with Gasteiger partial charge in [0, 0.05) is 0 Å². The summed E-state index contributed by atoms with van der Waals surface area (Å²) >= 11 is 0. The Hall–Kier alpha value is 0.491. The Morgan fingerprint density at radius 1 is 0.500 bits per heavy atom. The summed E-state index contributed by atoms with van der Waals surface area (Å²) in [4.78, 5) is 0. The van der Waals surface area contributed by atoms with Gasteiger partial charge in [0.2, 0.25) is 0 Å². The van der Waals surface area contributed by atoms with Crippen LogP contribution in [0, 0.1) is 0 Å². The predicted octanol–water partition coefficient (Wildman–Crippen LogP) is 4.31. The van der Waals surface area contributed by atoms with Crippen molar-refractivity contribution in [1.29, 1.82) is 0 Å². The maximum atomic E-state index is 6.59. The molecule has 4 nitrogen and oxygen atoms in total. The minimum absolute atomic E-state index is 0. The Morgan fingerprint density at radius 2 is 0.650 bits per heavy atom. The van der Waals surface area contributed by atoms with Gasteiger partial charge in [-0.1, -0.05) is 49.0 Å². The topological polar surface area (TPSA) is 59.2 Å². The van der Waals surface area contributed by atoms with E-state index in [0.29, 0.717) is 0 Å². The van der Waals surface area contributed by atoms with Crippen LogP contribution >= 0.6 is 0 Å². The van der Waals surface area contributed by atoms with E-state index in [1.807, 2.05) is 0 Å². The first kappa shape index (κ1) is 22.8. The summed E-state index contributed by atoms with van der Waals surface area (Å²) in [6.07, 6.45) is 0. The van der Waals surface area contributed by atoms with Crippen LogP contribution in [-0.4, -0.2) is 31.2 Å². The number of hydrogen-bond donors (Lipinski definition) is 0. The molecule has 7 heteroatoms. The van der Waals surface area contributed by atoms with Crippen molar-refractivity contribution in [3.05, 3.63) is 0 Å². The van der Waals surface area contributed by atoms with Gasteiger partial charge >= 0.3 is 25.7 Å². The molecular formula is C13H36O4Si3. The van der Waals surface area contributed by atoms with Crippen LogP contribution in [0.2, 0.25) is 36.3 Å². The molecule has 1 saturated heterocycles. The highest BCUT2D eigenvalue weighted by atomic mass is 28.5. The Kier molecular flexibility index (Phi) is 10.0. The van der Waals surface area contributed by atoms with E-state index >= 15 is 0 Å². The van der Waals surface area contributed by atoms with Gasteiger partial charge in [0.15, 0.2) is 0 Å². The minimum Gasteiger partial charge on any atom is -0.415 e. The van der Waals surface area contributed by atoms with Crippen LogP contribution < -0.4 is 0 Å². The van der Waals surface area contributed by atoms with E-state index in [1.54, 1.807) is 0 Å². The molecular weight excluding hydrogens is 304 g/mol. The first-order valence-corrected chi connectivity index (χ1v) is 14.3. The molecule has 1 heterocycles. The lowest BCUT2D eigenvalue weighted by molar-refractivity contribution is 0.212. The fourth-order valence-electron chi connectivity index (χ4n) is 2.70. The molecule has 0 saturated carbocycles. The van der Waals surface area contributed by atoms with Crippen molar-refractivity contribution < 1.29 is 17.8 Å². The summed E-state index contributed by atoms with van der Waals surface area (Å²) in [7, 11) is -5.96. The summed E-state index contributed by atoms with van der Waals surface area (Å²) in [5.41, 5.74) is 0. The quantitative estimate of drug-likeness (QED) is 0.677. The van der Waals surface area contributed by atoms with Gasteiger partial charge in [-0.25, -0.2) is 0 Å². The molecule has 0 aromatic rings. The Bertz CT molecular complexity index is 210. The fourth-order valence-corrected chi connectivity index (χ4v) is 20.9. The first-order chi connectivity index (χ1) is 8.49. The molecule has 0 aromatic carbocycles. The molecule has 124 valence electrons. The lowest BCUT2D eigenvalue weighted by Gasteiger charge is -2.52. The smallest absolute Gasteiger partial charge is 0.320 e. The van der Waals surface area contributed by atoms with Gasteiger partial charge in [0.1, 0.15) is 0 Å². The highest BCUT2D eigenvalue weighted by Crippen LogP contribution is 2.41. The second-order valence-electron chi connectivity index (χ2n) is 5.16. The lowest BCUT2D eigenvalue weighted by atomic mass is 10.9. The van der Waals surface area contributed by atoms with E-state index < -0.39 is 25.7 Å². The maximum absolute atomic E-state index is 6.59. The zero-order valence-corrected chi connectivity index (χ0v) is 16.5. The second-order valence-corrected chi connectivity index (χ2v) is 17.3. The van der Waals surface area contributed by atoms with Gasteiger partial charge in [-0.15, -0.1) is 0 Å². The van der Waals surface area contributed by atoms with Gasteiger partial charge < -0.3 is 17.8 Å². The predicted molar refractivity (Wildman–Crippen MR) is 93.7 cm³/mol. The van der Waals surface area contributed by atoms with Crippen molar-refractivity contribution in [2.24, 2.45) is 0 Å². The summed E-state index contributed by atoms with van der Waals surface area (Å²) < 4.78 is 19.8. The number of hydrogen-bond acceptors (Lipinski definition) is 3. The van der Waals surface area contributed by atoms with Crippen LogP contribution in [0.25, 0.3) is 0 Å². The first-order valence-electron chi connectivity index (χ1n) is 7.59. The molecule has 1 aliphatic heterocycles. The van der Waals surface area contributed by atoms with Crippen LogP contribution in [-0.2, 0) is 12.3 Å². The van der Waals surface area contributed by atoms with Crippen LogP contribution in [0.5, 0.6) is 0 Å². The lowest BCUT2D eigenvalue weighted by Crippen LogP contribution is -2.69. The van der Waals surface area contributed by atoms with Gasteiger partial charge in [0.25, 0.3) is 0 Å². The zero-order valence-electron chi connectivity index (χ0n) is 13.5. The Morgan fingerprint density at radius 3 is 0.750 bits per heavy atom. The summed E-state index contributed by atoms with van der Waals surface area (Å²) in [6, 6.07) is 6.40. The van der Waals surface area contributed by atoms with E-state index in [9.17, 15) is 0 Å². The van der Waals surface area contributed by atoms with Gasteiger partial charge in [-0.2, -0.15) is 0 Å². The molecule has 0 radical (unpaired) electrons. The summed E-state index contributed by atoms with van der Waals surface area (Å²) in [5, 5.41) is 0. The highest BCUT2D eigenvalue weighted by Gasteiger charge is 2.58. The molecule has 0 aromatic heterocycles. The van der Waals surface area contributed by atoms with Crippen molar-refractivity contribution in [1.82, 2.24) is 0 Å². The van der Waals surface area contributed by atoms with Gasteiger partial charge in [-0.3, -0.25) is 0 Å². The average Bonchev–Trinajstić information content (AvgIpc) is 2.46. The highest BCUT2D eigenvalue weighted by molar-refractivity contribution is 6.94. The summed E-state index contributed by atoms with van der Waals surface area (Å²) in [6.45, 7) is 13.4. The molecule has 1 fully saturated rings. The van der Waals surface area contributed by atoms with Gasteiger partial charge in [0.05, 0.1) is 0 Å². The average molecular weight is 341 g/mol. The molecule has 1 aliphatic rings.